The van der Waals surface area contributed by atoms with Gasteiger partial charge in [0.15, 0.2) is 0 Å². The lowest BCUT2D eigenvalue weighted by Gasteiger charge is -2.11. The highest BCUT2D eigenvalue weighted by Crippen LogP contribution is 2.19. The summed E-state index contributed by atoms with van der Waals surface area (Å²) < 4.78 is 33.4. The van der Waals surface area contributed by atoms with Gasteiger partial charge in [-0.15, -0.1) is 0 Å². The second-order valence-corrected chi connectivity index (χ2v) is 9.08. The molecule has 6 nitrogen and oxygen atoms in total. The zero-order chi connectivity index (χ0) is 22.8. The monoisotopic (exact) mass is 452 g/mol. The van der Waals surface area contributed by atoms with Crippen LogP contribution in [0.3, 0.4) is 0 Å². The Hall–Kier alpha value is -3.16. The van der Waals surface area contributed by atoms with Gasteiger partial charge in [0, 0.05) is 18.7 Å². The van der Waals surface area contributed by atoms with Crippen LogP contribution in [0.1, 0.15) is 27.9 Å². The van der Waals surface area contributed by atoms with Gasteiger partial charge in [-0.2, -0.15) is 0 Å². The van der Waals surface area contributed by atoms with Crippen molar-refractivity contribution in [2.24, 2.45) is 0 Å². The average Bonchev–Trinajstić information content (AvgIpc) is 2.80. The van der Waals surface area contributed by atoms with Crippen molar-refractivity contribution in [3.63, 3.8) is 0 Å². The number of hydrogen-bond donors (Lipinski definition) is 2. The summed E-state index contributed by atoms with van der Waals surface area (Å²) in [5.74, 6) is -0.245. The van der Waals surface area contributed by atoms with Crippen LogP contribution in [0.25, 0.3) is 0 Å². The Balaban J connectivity index is 1.41. The lowest BCUT2D eigenvalue weighted by atomic mass is 10.2. The molecule has 3 aromatic rings. The third kappa shape index (κ3) is 6.93. The number of sulfonamides is 1. The number of aryl methyl sites for hydroxylation is 1. The number of benzene rings is 3. The molecule has 7 heteroatoms. The molecule has 32 heavy (non-hydrogen) atoms. The van der Waals surface area contributed by atoms with Crippen LogP contribution < -0.4 is 10.0 Å². The van der Waals surface area contributed by atoms with E-state index in [9.17, 15) is 13.2 Å². The van der Waals surface area contributed by atoms with E-state index in [4.69, 9.17) is 4.74 Å². The molecule has 0 heterocycles. The average molecular weight is 453 g/mol. The van der Waals surface area contributed by atoms with Crippen LogP contribution in [-0.4, -0.2) is 34.1 Å². The van der Waals surface area contributed by atoms with Crippen LogP contribution in [0, 0.1) is 6.92 Å². The zero-order valence-electron chi connectivity index (χ0n) is 18.1. The Morgan fingerprint density at radius 3 is 2.28 bits per heavy atom. The molecule has 0 atom stereocenters. The van der Waals surface area contributed by atoms with Crippen LogP contribution in [0.2, 0.25) is 0 Å². The minimum Gasteiger partial charge on any atom is -0.381 e. The first kappa shape index (κ1) is 23.5. The largest absolute Gasteiger partial charge is 0.381 e. The molecule has 0 aliphatic rings. The first-order chi connectivity index (χ1) is 15.5. The van der Waals surface area contributed by atoms with Crippen molar-refractivity contribution in [1.29, 1.82) is 0 Å². The highest BCUT2D eigenvalue weighted by atomic mass is 32.2. The van der Waals surface area contributed by atoms with Crippen LogP contribution in [0.4, 0.5) is 5.69 Å². The number of carbonyl (C=O) groups excluding carboxylic acids is 1. The normalized spacial score (nSPS) is 11.2. The Kier molecular flexibility index (Phi) is 8.41. The van der Waals surface area contributed by atoms with E-state index < -0.39 is 10.0 Å². The van der Waals surface area contributed by atoms with Crippen molar-refractivity contribution in [3.05, 3.63) is 95.6 Å². The summed E-state index contributed by atoms with van der Waals surface area (Å²) in [5, 5.41) is 2.83. The van der Waals surface area contributed by atoms with E-state index in [2.05, 4.69) is 22.2 Å². The van der Waals surface area contributed by atoms with Gasteiger partial charge in [0.05, 0.1) is 17.2 Å². The summed E-state index contributed by atoms with van der Waals surface area (Å²) >= 11 is 0. The van der Waals surface area contributed by atoms with Gasteiger partial charge < -0.3 is 10.1 Å². The first-order valence-electron chi connectivity index (χ1n) is 10.5. The van der Waals surface area contributed by atoms with Crippen molar-refractivity contribution in [2.75, 3.05) is 24.5 Å². The second kappa shape index (κ2) is 11.5. The van der Waals surface area contributed by atoms with Crippen LogP contribution in [0.15, 0.2) is 83.8 Å². The van der Waals surface area contributed by atoms with Crippen molar-refractivity contribution in [2.45, 2.75) is 24.7 Å². The summed E-state index contributed by atoms with van der Waals surface area (Å²) in [7, 11) is -3.73. The van der Waals surface area contributed by atoms with Gasteiger partial charge in [-0.3, -0.25) is 9.52 Å². The lowest BCUT2D eigenvalue weighted by molar-refractivity contribution is 0.0942. The number of rotatable bonds is 11. The number of carbonyl (C=O) groups is 1. The van der Waals surface area contributed by atoms with E-state index in [0.717, 1.165) is 12.0 Å². The number of nitrogens with one attached hydrogen (secondary N) is 2. The van der Waals surface area contributed by atoms with E-state index in [0.29, 0.717) is 37.4 Å². The summed E-state index contributed by atoms with van der Waals surface area (Å²) in [4.78, 5) is 12.4. The van der Waals surface area contributed by atoms with Gasteiger partial charge in [-0.1, -0.05) is 48.5 Å². The Morgan fingerprint density at radius 2 is 1.56 bits per heavy atom. The standard InChI is InChI=1S/C25H28N2O4S/c1-20-8-5-6-11-24(20)27-32(29,30)23-14-12-22(13-15-23)25(28)26-17-7-18-31-19-16-21-9-3-2-4-10-21/h2-6,8-15,27H,7,16-19H2,1H3,(H,26,28). The molecule has 0 aliphatic heterocycles. The molecule has 0 fully saturated rings. The van der Waals surface area contributed by atoms with Crippen molar-refractivity contribution in [3.8, 4) is 0 Å². The van der Waals surface area contributed by atoms with Gasteiger partial charge in [0.1, 0.15) is 0 Å². The molecule has 0 saturated carbocycles. The predicted molar refractivity (Wildman–Crippen MR) is 126 cm³/mol. The van der Waals surface area contributed by atoms with Crippen LogP contribution >= 0.6 is 0 Å². The highest BCUT2D eigenvalue weighted by molar-refractivity contribution is 7.92. The molecule has 0 saturated heterocycles. The number of anilines is 1. The van der Waals surface area contributed by atoms with Gasteiger partial charge in [-0.25, -0.2) is 8.42 Å². The molecule has 168 valence electrons. The fourth-order valence-corrected chi connectivity index (χ4v) is 4.22. The topological polar surface area (TPSA) is 84.5 Å². The fourth-order valence-electron chi connectivity index (χ4n) is 3.09. The zero-order valence-corrected chi connectivity index (χ0v) is 18.9. The summed E-state index contributed by atoms with van der Waals surface area (Å²) in [5.41, 5.74) is 3.00. The van der Waals surface area contributed by atoms with Crippen LogP contribution in [0.5, 0.6) is 0 Å². The Labute approximate surface area is 189 Å². The number of para-hydroxylation sites is 1. The fraction of sp³-hybridized carbons (Fsp3) is 0.240. The lowest BCUT2D eigenvalue weighted by Crippen LogP contribution is -2.25. The smallest absolute Gasteiger partial charge is 0.261 e. The molecular formula is C25H28N2O4S. The maximum atomic E-state index is 12.6. The van der Waals surface area contributed by atoms with Gasteiger partial charge in [-0.05, 0) is 61.2 Å². The van der Waals surface area contributed by atoms with E-state index >= 15 is 0 Å². The maximum Gasteiger partial charge on any atom is 0.261 e. The molecule has 0 unspecified atom stereocenters. The maximum absolute atomic E-state index is 12.6. The Bertz CT molecular complexity index is 1110. The third-order valence-corrected chi connectivity index (χ3v) is 6.33. The molecule has 0 bridgehead atoms. The second-order valence-electron chi connectivity index (χ2n) is 7.40. The van der Waals surface area contributed by atoms with Crippen molar-refractivity contribution >= 4 is 21.6 Å². The molecule has 0 radical (unpaired) electrons. The summed E-state index contributed by atoms with van der Waals surface area (Å²) in [6, 6.07) is 23.2. The number of hydrogen-bond acceptors (Lipinski definition) is 4. The quantitative estimate of drug-likeness (QED) is 0.428. The van der Waals surface area contributed by atoms with E-state index in [-0.39, 0.29) is 10.8 Å². The minimum atomic E-state index is -3.73. The molecule has 2 N–H and O–H groups in total. The predicted octanol–water partition coefficient (Wildman–Crippen LogP) is 4.18. The van der Waals surface area contributed by atoms with E-state index in [1.807, 2.05) is 37.3 Å². The minimum absolute atomic E-state index is 0.101. The number of amides is 1. The molecule has 0 aromatic heterocycles. The molecular weight excluding hydrogens is 424 g/mol. The molecule has 0 spiro atoms. The molecule has 0 aliphatic carbocycles. The third-order valence-electron chi connectivity index (χ3n) is 4.95. The van der Waals surface area contributed by atoms with Gasteiger partial charge >= 0.3 is 0 Å². The van der Waals surface area contributed by atoms with Gasteiger partial charge in [0.25, 0.3) is 15.9 Å². The molecule has 1 amide bonds. The van der Waals surface area contributed by atoms with E-state index in [1.165, 1.54) is 29.8 Å². The highest BCUT2D eigenvalue weighted by Gasteiger charge is 2.16. The molecule has 3 aromatic carbocycles. The first-order valence-corrected chi connectivity index (χ1v) is 12.0. The molecule has 3 rings (SSSR count). The SMILES string of the molecule is Cc1ccccc1NS(=O)(=O)c1ccc(C(=O)NCCCOCCc2ccccc2)cc1. The summed E-state index contributed by atoms with van der Waals surface area (Å²) in [6.07, 6.45) is 1.56. The van der Waals surface area contributed by atoms with Gasteiger partial charge in [0.2, 0.25) is 0 Å². The summed E-state index contributed by atoms with van der Waals surface area (Å²) in [6.45, 7) is 3.53. The van der Waals surface area contributed by atoms with Crippen molar-refractivity contribution < 1.29 is 17.9 Å². The number of ether oxygens (including phenoxy) is 1. The van der Waals surface area contributed by atoms with Crippen LogP contribution in [-0.2, 0) is 21.2 Å². The van der Waals surface area contributed by atoms with Crippen molar-refractivity contribution in [1.82, 2.24) is 5.32 Å². The Morgan fingerprint density at radius 1 is 0.875 bits per heavy atom. The van der Waals surface area contributed by atoms with E-state index in [1.54, 1.807) is 12.1 Å².